The van der Waals surface area contributed by atoms with Crippen LogP contribution < -0.4 is 0 Å². The van der Waals surface area contributed by atoms with Crippen LogP contribution in [0.15, 0.2) is 18.2 Å². The number of piperidine rings is 1. The number of nitro benzene ring substituents is 1. The summed E-state index contributed by atoms with van der Waals surface area (Å²) in [5.41, 5.74) is -0.811. The number of carbonyl (C=O) groups excluding carboxylic acids is 1. The lowest BCUT2D eigenvalue weighted by atomic mass is 9.82. The second kappa shape index (κ2) is 5.70. The van der Waals surface area contributed by atoms with Gasteiger partial charge in [-0.2, -0.15) is 5.26 Å². The normalized spacial score (nSPS) is 17.1. The van der Waals surface area contributed by atoms with Gasteiger partial charge < -0.3 is 4.90 Å². The van der Waals surface area contributed by atoms with Crippen molar-refractivity contribution in [2.75, 3.05) is 13.1 Å². The van der Waals surface area contributed by atoms with Crippen molar-refractivity contribution in [3.8, 4) is 6.07 Å². The fraction of sp³-hybridized carbons (Fsp3) is 0.429. The van der Waals surface area contributed by atoms with E-state index in [2.05, 4.69) is 6.07 Å². The third-order valence-electron chi connectivity index (χ3n) is 3.83. The topological polar surface area (TPSA) is 87.2 Å². The fourth-order valence-corrected chi connectivity index (χ4v) is 2.60. The maximum atomic E-state index is 12.5. The molecule has 110 valence electrons. The maximum Gasteiger partial charge on any atom is 0.283 e. The number of nitriles is 1. The first-order chi connectivity index (χ1) is 9.88. The summed E-state index contributed by atoms with van der Waals surface area (Å²) in [7, 11) is 0. The second-order valence-electron chi connectivity index (χ2n) is 5.36. The number of benzene rings is 1. The molecular weight excluding hydrogens is 294 g/mol. The Balaban J connectivity index is 2.27. The molecule has 1 heterocycles. The number of rotatable bonds is 2. The Kier molecular flexibility index (Phi) is 4.14. The molecule has 0 spiro atoms. The van der Waals surface area contributed by atoms with Crippen molar-refractivity contribution in [1.82, 2.24) is 4.90 Å². The summed E-state index contributed by atoms with van der Waals surface area (Å²) in [6.45, 7) is 2.64. The first-order valence-corrected chi connectivity index (χ1v) is 6.89. The molecule has 1 amide bonds. The lowest BCUT2D eigenvalue weighted by molar-refractivity contribution is -0.385. The Labute approximate surface area is 127 Å². The molecule has 0 N–H and O–H groups in total. The van der Waals surface area contributed by atoms with Gasteiger partial charge in [-0.15, -0.1) is 0 Å². The van der Waals surface area contributed by atoms with E-state index in [0.717, 1.165) is 0 Å². The molecule has 1 saturated heterocycles. The maximum absolute atomic E-state index is 12.5. The van der Waals surface area contributed by atoms with Crippen LogP contribution in [0.5, 0.6) is 0 Å². The van der Waals surface area contributed by atoms with E-state index in [0.29, 0.717) is 25.9 Å². The molecule has 1 fully saturated rings. The molecule has 6 nitrogen and oxygen atoms in total. The average molecular weight is 308 g/mol. The van der Waals surface area contributed by atoms with Gasteiger partial charge in [0.15, 0.2) is 0 Å². The highest BCUT2D eigenvalue weighted by Gasteiger charge is 2.34. The van der Waals surface area contributed by atoms with E-state index in [9.17, 15) is 14.9 Å². The number of halogens is 1. The van der Waals surface area contributed by atoms with Gasteiger partial charge in [0, 0.05) is 19.2 Å². The molecule has 0 aromatic heterocycles. The molecule has 21 heavy (non-hydrogen) atoms. The Hall–Kier alpha value is -2.13. The van der Waals surface area contributed by atoms with Crippen LogP contribution in [0.3, 0.4) is 0 Å². The quantitative estimate of drug-likeness (QED) is 0.620. The highest BCUT2D eigenvalue weighted by molar-refractivity contribution is 6.34. The van der Waals surface area contributed by atoms with Gasteiger partial charge in [0.05, 0.1) is 21.4 Å². The highest BCUT2D eigenvalue weighted by Crippen LogP contribution is 2.33. The molecule has 1 aromatic rings. The van der Waals surface area contributed by atoms with E-state index in [-0.39, 0.29) is 16.3 Å². The third-order valence-corrected chi connectivity index (χ3v) is 4.14. The van der Waals surface area contributed by atoms with Crippen LogP contribution in [-0.2, 0) is 0 Å². The zero-order chi connectivity index (χ0) is 15.6. The molecule has 1 aromatic carbocycles. The number of carbonyl (C=O) groups is 1. The zero-order valence-electron chi connectivity index (χ0n) is 11.5. The van der Waals surface area contributed by atoms with Crippen LogP contribution in [0.2, 0.25) is 5.02 Å². The van der Waals surface area contributed by atoms with Crippen molar-refractivity contribution in [1.29, 1.82) is 5.26 Å². The number of hydrogen-bond donors (Lipinski definition) is 0. The minimum Gasteiger partial charge on any atom is -0.338 e. The van der Waals surface area contributed by atoms with Crippen molar-refractivity contribution >= 4 is 23.2 Å². The molecule has 1 aliphatic rings. The van der Waals surface area contributed by atoms with Gasteiger partial charge in [-0.1, -0.05) is 17.7 Å². The minimum absolute atomic E-state index is 0.0721. The van der Waals surface area contributed by atoms with Gasteiger partial charge in [0.25, 0.3) is 11.6 Å². The molecule has 7 heteroatoms. The largest absolute Gasteiger partial charge is 0.338 e. The number of nitrogens with zero attached hydrogens (tertiary/aromatic N) is 3. The summed E-state index contributed by atoms with van der Waals surface area (Å²) >= 11 is 5.97. The molecule has 0 aliphatic carbocycles. The van der Waals surface area contributed by atoms with Gasteiger partial charge in [0.2, 0.25) is 0 Å². The van der Waals surface area contributed by atoms with E-state index in [1.807, 2.05) is 6.92 Å². The Morgan fingerprint density at radius 3 is 2.62 bits per heavy atom. The molecular formula is C14H14ClN3O3. The summed E-state index contributed by atoms with van der Waals surface area (Å²) in [5.74, 6) is -0.452. The fourth-order valence-electron chi connectivity index (χ4n) is 2.35. The van der Waals surface area contributed by atoms with Crippen LogP contribution in [0.1, 0.15) is 30.1 Å². The number of likely N-dealkylation sites (tertiary alicyclic amines) is 1. The SMILES string of the molecule is CC1(C#N)CCN(C(=O)c2c(Cl)cccc2[N+](=O)[O-])CC1. The summed E-state index contributed by atoms with van der Waals surface area (Å²) < 4.78 is 0. The van der Waals surface area contributed by atoms with Gasteiger partial charge >= 0.3 is 0 Å². The van der Waals surface area contributed by atoms with Gasteiger partial charge in [-0.25, -0.2) is 0 Å². The van der Waals surface area contributed by atoms with Gasteiger partial charge in [0.1, 0.15) is 5.56 Å². The van der Waals surface area contributed by atoms with Crippen molar-refractivity contribution in [3.05, 3.63) is 38.9 Å². The van der Waals surface area contributed by atoms with E-state index in [4.69, 9.17) is 16.9 Å². The van der Waals surface area contributed by atoms with E-state index in [1.165, 1.54) is 23.1 Å². The monoisotopic (exact) mass is 307 g/mol. The molecule has 0 saturated carbocycles. The molecule has 0 radical (unpaired) electrons. The zero-order valence-corrected chi connectivity index (χ0v) is 12.3. The lowest BCUT2D eigenvalue weighted by Crippen LogP contribution is -2.41. The van der Waals surface area contributed by atoms with Gasteiger partial charge in [-0.05, 0) is 25.8 Å². The summed E-state index contributed by atoms with van der Waals surface area (Å²) in [6, 6.07) is 6.42. The number of amides is 1. The Bertz CT molecular complexity index is 631. The van der Waals surface area contributed by atoms with E-state index in [1.54, 1.807) is 0 Å². The van der Waals surface area contributed by atoms with Crippen molar-refractivity contribution < 1.29 is 9.72 Å². The van der Waals surface area contributed by atoms with Crippen molar-refractivity contribution in [2.45, 2.75) is 19.8 Å². The lowest BCUT2D eigenvalue weighted by Gasteiger charge is -2.34. The van der Waals surface area contributed by atoms with Gasteiger partial charge in [-0.3, -0.25) is 14.9 Å². The van der Waals surface area contributed by atoms with Crippen LogP contribution in [0.4, 0.5) is 5.69 Å². The number of nitro groups is 1. The van der Waals surface area contributed by atoms with E-state index >= 15 is 0 Å². The Morgan fingerprint density at radius 1 is 1.48 bits per heavy atom. The first kappa shape index (κ1) is 15.3. The number of hydrogen-bond acceptors (Lipinski definition) is 4. The smallest absolute Gasteiger partial charge is 0.283 e. The summed E-state index contributed by atoms with van der Waals surface area (Å²) in [4.78, 5) is 24.5. The summed E-state index contributed by atoms with van der Waals surface area (Å²) in [5, 5.41) is 20.2. The molecule has 0 atom stereocenters. The molecule has 1 aliphatic heterocycles. The average Bonchev–Trinajstić information content (AvgIpc) is 2.47. The minimum atomic E-state index is -0.609. The van der Waals surface area contributed by atoms with Crippen LogP contribution >= 0.6 is 11.6 Å². The van der Waals surface area contributed by atoms with Crippen LogP contribution in [0, 0.1) is 26.9 Å². The summed E-state index contributed by atoms with van der Waals surface area (Å²) in [6.07, 6.45) is 1.10. The third kappa shape index (κ3) is 2.98. The predicted octanol–water partition coefficient (Wildman–Crippen LogP) is 3.01. The Morgan fingerprint density at radius 2 is 2.10 bits per heavy atom. The molecule has 0 unspecified atom stereocenters. The van der Waals surface area contributed by atoms with Crippen LogP contribution in [0.25, 0.3) is 0 Å². The highest BCUT2D eigenvalue weighted by atomic mass is 35.5. The van der Waals surface area contributed by atoms with Crippen LogP contribution in [-0.4, -0.2) is 28.8 Å². The van der Waals surface area contributed by atoms with Crippen molar-refractivity contribution in [3.63, 3.8) is 0 Å². The molecule has 0 bridgehead atoms. The molecule has 2 rings (SSSR count). The standard InChI is InChI=1S/C14H14ClN3O3/c1-14(9-16)5-7-17(8-6-14)13(19)12-10(15)3-2-4-11(12)18(20)21/h2-4H,5-8H2,1H3. The second-order valence-corrected chi connectivity index (χ2v) is 5.76. The van der Waals surface area contributed by atoms with Crippen molar-refractivity contribution in [2.24, 2.45) is 5.41 Å². The van der Waals surface area contributed by atoms with E-state index < -0.39 is 16.2 Å². The first-order valence-electron chi connectivity index (χ1n) is 6.51. The predicted molar refractivity (Wildman–Crippen MR) is 77.0 cm³/mol.